The van der Waals surface area contributed by atoms with Crippen LogP contribution < -0.4 is 0 Å². The van der Waals surface area contributed by atoms with E-state index in [1.807, 2.05) is 17.4 Å². The molecule has 0 aliphatic rings. The van der Waals surface area contributed by atoms with E-state index >= 15 is 0 Å². The highest BCUT2D eigenvalue weighted by atomic mass is 32.1. The fraction of sp³-hybridized carbons (Fsp3) is 0. The van der Waals surface area contributed by atoms with Crippen LogP contribution in [0.2, 0.25) is 0 Å². The van der Waals surface area contributed by atoms with Crippen molar-refractivity contribution in [3.05, 3.63) is 231 Å². The smallest absolute Gasteiger partial charge is 0.135 e. The molecule has 0 fully saturated rings. The number of nitrogens with zero attached hydrogens (tertiary/aromatic N) is 4. The van der Waals surface area contributed by atoms with Crippen molar-refractivity contribution >= 4 is 141 Å². The van der Waals surface area contributed by atoms with Gasteiger partial charge in [0, 0.05) is 96.8 Å². The molecule has 6 heteroatoms. The summed E-state index contributed by atoms with van der Waals surface area (Å²) in [6.07, 6.45) is 0. The zero-order valence-electron chi connectivity index (χ0n) is 38.5. The summed E-state index contributed by atoms with van der Waals surface area (Å²) in [6, 6.07) is 84.9. The molecule has 72 heavy (non-hydrogen) atoms. The van der Waals surface area contributed by atoms with Crippen LogP contribution in [-0.4, -0.2) is 18.3 Å². The average Bonchev–Trinajstić information content (AvgIpc) is 4.28. The van der Waals surface area contributed by atoms with Gasteiger partial charge in [-0.05, 0) is 103 Å². The second kappa shape index (κ2) is 14.1. The SMILES string of the molecule is c1cc(-n2c3ccccc3c3cc4c(cc32)c2ccccc2n4-c2ccc3c(c2)sc2ccccc23)cc(-n2c3ccccc3c3c2ccc2c4ccccc4n(-c4ccc5oc6ccccc6c5c4)c23)c1. The van der Waals surface area contributed by atoms with Crippen molar-refractivity contribution in [1.29, 1.82) is 0 Å². The van der Waals surface area contributed by atoms with Crippen LogP contribution in [0.5, 0.6) is 0 Å². The molecule has 0 radical (unpaired) electrons. The summed E-state index contributed by atoms with van der Waals surface area (Å²) in [5, 5.41) is 14.7. The number of furan rings is 1. The molecule has 5 nitrogen and oxygen atoms in total. The highest BCUT2D eigenvalue weighted by molar-refractivity contribution is 7.25. The largest absolute Gasteiger partial charge is 0.456 e. The van der Waals surface area contributed by atoms with E-state index in [9.17, 15) is 0 Å². The van der Waals surface area contributed by atoms with Crippen molar-refractivity contribution in [2.24, 2.45) is 0 Å². The molecule has 334 valence electrons. The van der Waals surface area contributed by atoms with Gasteiger partial charge in [-0.2, -0.15) is 0 Å². The second-order valence-corrected chi connectivity index (χ2v) is 20.3. The Labute approximate surface area is 414 Å². The van der Waals surface area contributed by atoms with E-state index in [1.165, 1.54) is 102 Å². The lowest BCUT2D eigenvalue weighted by Crippen LogP contribution is -1.99. The monoisotopic (exact) mass is 934 g/mol. The lowest BCUT2D eigenvalue weighted by Gasteiger charge is -2.13. The molecule has 17 rings (SSSR count). The van der Waals surface area contributed by atoms with Crippen LogP contribution in [0.3, 0.4) is 0 Å². The van der Waals surface area contributed by atoms with E-state index < -0.39 is 0 Å². The van der Waals surface area contributed by atoms with Gasteiger partial charge >= 0.3 is 0 Å². The van der Waals surface area contributed by atoms with Crippen molar-refractivity contribution in [1.82, 2.24) is 18.3 Å². The molecule has 0 atom stereocenters. The molecule has 0 amide bonds. The molecule has 11 aromatic carbocycles. The Bertz CT molecular complexity index is 5190. The van der Waals surface area contributed by atoms with Crippen LogP contribution in [0.4, 0.5) is 0 Å². The van der Waals surface area contributed by atoms with Crippen LogP contribution >= 0.6 is 11.3 Å². The predicted octanol–water partition coefficient (Wildman–Crippen LogP) is 18.3. The first-order chi connectivity index (χ1) is 35.7. The molecule has 0 saturated carbocycles. The Balaban J connectivity index is 0.895. The molecular formula is C66H38N4OS. The third-order valence-electron chi connectivity index (χ3n) is 15.5. The standard InChI is InChI=1S/C66H38N4OS/c1-9-24-56-43(16-1)49-31-32-58-65(66(49)70(56)41-29-33-62-53(35-41)46-19-5-11-26-61(46)71-62)50-21-4-10-25-57(50)67(58)39-14-13-15-40(34-39)68-54-22-7-2-17-44(54)51-38-60-52(37-59(51)68)45-18-3-8-23-55(45)69(60)42-28-30-48-47-20-6-12-27-63(47)72-64(48)36-42/h1-38H. The molecule has 6 aromatic heterocycles. The van der Waals surface area contributed by atoms with Crippen molar-refractivity contribution in [3.63, 3.8) is 0 Å². The molecule has 0 unspecified atom stereocenters. The van der Waals surface area contributed by atoms with E-state index in [0.29, 0.717) is 0 Å². The summed E-state index contributed by atoms with van der Waals surface area (Å²) in [5.74, 6) is 0. The van der Waals surface area contributed by atoms with Crippen molar-refractivity contribution in [3.8, 4) is 22.7 Å². The summed E-state index contributed by atoms with van der Waals surface area (Å²) in [6.45, 7) is 0. The zero-order valence-corrected chi connectivity index (χ0v) is 39.4. The average molecular weight is 935 g/mol. The van der Waals surface area contributed by atoms with Gasteiger partial charge in [0.05, 0.1) is 44.1 Å². The van der Waals surface area contributed by atoms with Gasteiger partial charge in [0.25, 0.3) is 0 Å². The molecule has 0 aliphatic carbocycles. The second-order valence-electron chi connectivity index (χ2n) is 19.2. The lowest BCUT2D eigenvalue weighted by molar-refractivity contribution is 0.669. The Kier molecular flexibility index (Phi) is 7.55. The van der Waals surface area contributed by atoms with Gasteiger partial charge < -0.3 is 22.7 Å². The number of hydrogen-bond acceptors (Lipinski definition) is 2. The minimum absolute atomic E-state index is 0.891. The number of rotatable bonds is 4. The molecule has 0 spiro atoms. The maximum Gasteiger partial charge on any atom is 0.135 e. The van der Waals surface area contributed by atoms with Crippen molar-refractivity contribution in [2.75, 3.05) is 0 Å². The molecular weight excluding hydrogens is 897 g/mol. The van der Waals surface area contributed by atoms with Crippen LogP contribution in [0.1, 0.15) is 0 Å². The van der Waals surface area contributed by atoms with Crippen LogP contribution in [0.25, 0.3) is 152 Å². The quantitative estimate of drug-likeness (QED) is 0.173. The summed E-state index contributed by atoms with van der Waals surface area (Å²) in [4.78, 5) is 0. The zero-order chi connectivity index (χ0) is 46.8. The van der Waals surface area contributed by atoms with Crippen LogP contribution in [-0.2, 0) is 0 Å². The summed E-state index contributed by atoms with van der Waals surface area (Å²) in [7, 11) is 0. The van der Waals surface area contributed by atoms with E-state index in [-0.39, 0.29) is 0 Å². The highest BCUT2D eigenvalue weighted by Crippen LogP contribution is 2.45. The third-order valence-corrected chi connectivity index (χ3v) is 16.7. The molecule has 0 bridgehead atoms. The number of benzene rings is 11. The number of fused-ring (bicyclic) bond motifs is 19. The maximum absolute atomic E-state index is 6.32. The third kappa shape index (κ3) is 5.10. The van der Waals surface area contributed by atoms with Crippen molar-refractivity contribution < 1.29 is 4.42 Å². The number of para-hydroxylation sites is 5. The minimum Gasteiger partial charge on any atom is -0.456 e. The molecule has 6 heterocycles. The topological polar surface area (TPSA) is 32.9 Å². The van der Waals surface area contributed by atoms with E-state index in [2.05, 4.69) is 243 Å². The van der Waals surface area contributed by atoms with Gasteiger partial charge in [-0.15, -0.1) is 11.3 Å². The van der Waals surface area contributed by atoms with Crippen LogP contribution in [0.15, 0.2) is 235 Å². The maximum atomic E-state index is 6.32. The Morgan fingerprint density at radius 1 is 0.250 bits per heavy atom. The summed E-state index contributed by atoms with van der Waals surface area (Å²) >= 11 is 1.87. The first-order valence-corrected chi connectivity index (χ1v) is 25.4. The Hall–Kier alpha value is -9.36. The first-order valence-electron chi connectivity index (χ1n) is 24.6. The fourth-order valence-electron chi connectivity index (χ4n) is 12.5. The molecule has 0 aliphatic heterocycles. The number of hydrogen-bond donors (Lipinski definition) is 0. The van der Waals surface area contributed by atoms with E-state index in [1.54, 1.807) is 0 Å². The highest BCUT2D eigenvalue weighted by Gasteiger charge is 2.23. The van der Waals surface area contributed by atoms with Crippen LogP contribution in [0, 0.1) is 0 Å². The summed E-state index contributed by atoms with van der Waals surface area (Å²) in [5.41, 5.74) is 15.7. The number of thiophene rings is 1. The minimum atomic E-state index is 0.891. The lowest BCUT2D eigenvalue weighted by atomic mass is 10.1. The van der Waals surface area contributed by atoms with Gasteiger partial charge in [0.2, 0.25) is 0 Å². The number of aromatic nitrogens is 4. The Morgan fingerprint density at radius 3 is 1.44 bits per heavy atom. The van der Waals surface area contributed by atoms with E-state index in [4.69, 9.17) is 4.42 Å². The molecule has 17 aromatic rings. The van der Waals surface area contributed by atoms with E-state index in [0.717, 1.165) is 50.0 Å². The first kappa shape index (κ1) is 38.5. The van der Waals surface area contributed by atoms with Crippen molar-refractivity contribution in [2.45, 2.75) is 0 Å². The normalized spacial score (nSPS) is 12.4. The van der Waals surface area contributed by atoms with Gasteiger partial charge in [-0.25, -0.2) is 0 Å². The summed E-state index contributed by atoms with van der Waals surface area (Å²) < 4.78 is 18.8. The predicted molar refractivity (Wildman–Crippen MR) is 304 cm³/mol. The molecule has 0 saturated heterocycles. The molecule has 0 N–H and O–H groups in total. The Morgan fingerprint density at radius 2 is 0.736 bits per heavy atom. The van der Waals surface area contributed by atoms with Gasteiger partial charge in [-0.1, -0.05) is 127 Å². The van der Waals surface area contributed by atoms with Gasteiger partial charge in [0.1, 0.15) is 11.2 Å². The fourth-order valence-corrected chi connectivity index (χ4v) is 13.7. The van der Waals surface area contributed by atoms with Gasteiger partial charge in [-0.3, -0.25) is 0 Å². The van der Waals surface area contributed by atoms with Gasteiger partial charge in [0.15, 0.2) is 0 Å².